The van der Waals surface area contributed by atoms with Gasteiger partial charge in [-0.2, -0.15) is 4.31 Å². The number of hydrogen-bond acceptors (Lipinski definition) is 4. The highest BCUT2D eigenvalue weighted by Gasteiger charge is 2.26. The molecule has 0 radical (unpaired) electrons. The second-order valence-corrected chi connectivity index (χ2v) is 9.19. The van der Waals surface area contributed by atoms with Gasteiger partial charge < -0.3 is 10.2 Å². The highest BCUT2D eigenvalue weighted by atomic mass is 35.5. The summed E-state index contributed by atoms with van der Waals surface area (Å²) in [6.07, 6.45) is 4.07. The van der Waals surface area contributed by atoms with E-state index in [1.54, 1.807) is 16.4 Å². The van der Waals surface area contributed by atoms with E-state index < -0.39 is 10.0 Å². The standard InChI is InChI=1S/C19H29N3O3S.ClH/c1-16-15-20-11-14-22(16)19(23)10-7-17-5-8-18(9-6-17)26(24,25)21-12-3-2-4-13-21;/h5-6,8-9,16,20H,2-4,7,10-15H2,1H3;1H/t16-;/m0./s1. The van der Waals surface area contributed by atoms with Crippen molar-refractivity contribution < 1.29 is 13.2 Å². The van der Waals surface area contributed by atoms with E-state index in [0.717, 1.165) is 44.5 Å². The molecule has 0 aliphatic carbocycles. The van der Waals surface area contributed by atoms with Crippen molar-refractivity contribution in [1.82, 2.24) is 14.5 Å². The third-order valence-electron chi connectivity index (χ3n) is 5.33. The Morgan fingerprint density at radius 2 is 1.78 bits per heavy atom. The van der Waals surface area contributed by atoms with Gasteiger partial charge in [0.1, 0.15) is 0 Å². The number of piperazine rings is 1. The first-order chi connectivity index (χ1) is 12.5. The Labute approximate surface area is 168 Å². The monoisotopic (exact) mass is 415 g/mol. The van der Waals surface area contributed by atoms with Gasteiger partial charge in [-0.3, -0.25) is 4.79 Å². The molecule has 2 aliphatic heterocycles. The van der Waals surface area contributed by atoms with E-state index in [-0.39, 0.29) is 24.4 Å². The average molecular weight is 416 g/mol. The summed E-state index contributed by atoms with van der Waals surface area (Å²) < 4.78 is 26.9. The Hall–Kier alpha value is -1.15. The third kappa shape index (κ3) is 5.44. The molecule has 8 heteroatoms. The van der Waals surface area contributed by atoms with Gasteiger partial charge in [0.25, 0.3) is 0 Å². The van der Waals surface area contributed by atoms with Gasteiger partial charge in [-0.25, -0.2) is 8.42 Å². The van der Waals surface area contributed by atoms with Crippen LogP contribution in [0.5, 0.6) is 0 Å². The minimum Gasteiger partial charge on any atom is -0.337 e. The number of rotatable bonds is 5. The van der Waals surface area contributed by atoms with E-state index in [1.807, 2.05) is 17.0 Å². The molecule has 2 heterocycles. The summed E-state index contributed by atoms with van der Waals surface area (Å²) >= 11 is 0. The molecule has 152 valence electrons. The van der Waals surface area contributed by atoms with Crippen molar-refractivity contribution in [3.8, 4) is 0 Å². The zero-order valence-corrected chi connectivity index (χ0v) is 17.5. The van der Waals surface area contributed by atoms with Gasteiger partial charge in [0.2, 0.25) is 15.9 Å². The fourth-order valence-electron chi connectivity index (χ4n) is 3.69. The average Bonchev–Trinajstić information content (AvgIpc) is 2.67. The Bertz CT molecular complexity index is 718. The first kappa shape index (κ1) is 22.1. The Morgan fingerprint density at radius 1 is 1.11 bits per heavy atom. The number of amides is 1. The summed E-state index contributed by atoms with van der Waals surface area (Å²) in [5.41, 5.74) is 0.999. The molecule has 1 amide bonds. The number of piperidine rings is 1. The van der Waals surface area contributed by atoms with Gasteiger partial charge in [0, 0.05) is 45.2 Å². The molecule has 1 aromatic rings. The van der Waals surface area contributed by atoms with Crippen molar-refractivity contribution in [3.63, 3.8) is 0 Å². The highest BCUT2D eigenvalue weighted by Crippen LogP contribution is 2.21. The first-order valence-corrected chi connectivity index (χ1v) is 11.0. The number of benzene rings is 1. The molecule has 0 unspecified atom stereocenters. The largest absolute Gasteiger partial charge is 0.337 e. The molecular formula is C19H30ClN3O3S. The lowest BCUT2D eigenvalue weighted by Gasteiger charge is -2.34. The number of nitrogens with zero attached hydrogens (tertiary/aromatic N) is 2. The SMILES string of the molecule is C[C@H]1CNCCN1C(=O)CCc1ccc(S(=O)(=O)N2CCCCC2)cc1.Cl. The molecule has 0 bridgehead atoms. The van der Waals surface area contributed by atoms with Crippen LogP contribution in [0.3, 0.4) is 0 Å². The summed E-state index contributed by atoms with van der Waals surface area (Å²) in [7, 11) is -3.38. The van der Waals surface area contributed by atoms with Crippen LogP contribution in [0.25, 0.3) is 0 Å². The molecule has 1 aromatic carbocycles. The predicted octanol–water partition coefficient (Wildman–Crippen LogP) is 2.04. The molecule has 2 fully saturated rings. The summed E-state index contributed by atoms with van der Waals surface area (Å²) in [5, 5.41) is 3.29. The van der Waals surface area contributed by atoms with Crippen LogP contribution in [-0.4, -0.2) is 62.3 Å². The van der Waals surface area contributed by atoms with E-state index >= 15 is 0 Å². The summed E-state index contributed by atoms with van der Waals surface area (Å²) in [4.78, 5) is 14.7. The Kier molecular flexibility index (Phi) is 8.09. The smallest absolute Gasteiger partial charge is 0.243 e. The second kappa shape index (κ2) is 9.87. The van der Waals surface area contributed by atoms with Crippen LogP contribution in [0.1, 0.15) is 38.2 Å². The lowest BCUT2D eigenvalue weighted by atomic mass is 10.1. The third-order valence-corrected chi connectivity index (χ3v) is 7.24. The Morgan fingerprint density at radius 3 is 2.41 bits per heavy atom. The zero-order chi connectivity index (χ0) is 18.6. The van der Waals surface area contributed by atoms with Crippen LogP contribution >= 0.6 is 12.4 Å². The number of hydrogen-bond donors (Lipinski definition) is 1. The van der Waals surface area contributed by atoms with Crippen LogP contribution in [0, 0.1) is 0 Å². The fourth-order valence-corrected chi connectivity index (χ4v) is 5.21. The molecule has 0 spiro atoms. The summed E-state index contributed by atoms with van der Waals surface area (Å²) in [5.74, 6) is 0.170. The maximum atomic E-state index is 12.7. The maximum absolute atomic E-state index is 12.7. The highest BCUT2D eigenvalue weighted by molar-refractivity contribution is 7.89. The lowest BCUT2D eigenvalue weighted by Crippen LogP contribution is -2.52. The fraction of sp³-hybridized carbons (Fsp3) is 0.632. The quantitative estimate of drug-likeness (QED) is 0.798. The number of aryl methyl sites for hydroxylation is 1. The van der Waals surface area contributed by atoms with Crippen molar-refractivity contribution in [2.75, 3.05) is 32.7 Å². The van der Waals surface area contributed by atoms with Gasteiger partial charge in [-0.15, -0.1) is 12.4 Å². The van der Waals surface area contributed by atoms with Crippen LogP contribution in [0.15, 0.2) is 29.2 Å². The van der Waals surface area contributed by atoms with Gasteiger partial charge in [-0.05, 0) is 43.9 Å². The number of sulfonamides is 1. The number of carbonyl (C=O) groups excluding carboxylic acids is 1. The van der Waals surface area contributed by atoms with E-state index in [9.17, 15) is 13.2 Å². The molecule has 1 atom stereocenters. The zero-order valence-electron chi connectivity index (χ0n) is 15.9. The maximum Gasteiger partial charge on any atom is 0.243 e. The van der Waals surface area contributed by atoms with Crippen LogP contribution in [-0.2, 0) is 21.2 Å². The van der Waals surface area contributed by atoms with E-state index in [4.69, 9.17) is 0 Å². The molecule has 2 saturated heterocycles. The van der Waals surface area contributed by atoms with Crippen molar-refractivity contribution >= 4 is 28.3 Å². The molecule has 2 aliphatic rings. The molecule has 27 heavy (non-hydrogen) atoms. The predicted molar refractivity (Wildman–Crippen MR) is 109 cm³/mol. The Balaban J connectivity index is 0.00000261. The molecule has 1 N–H and O–H groups in total. The number of carbonyl (C=O) groups is 1. The molecule has 0 aromatic heterocycles. The molecule has 3 rings (SSSR count). The topological polar surface area (TPSA) is 69.7 Å². The number of nitrogens with one attached hydrogen (secondary N) is 1. The second-order valence-electron chi connectivity index (χ2n) is 7.25. The van der Waals surface area contributed by atoms with E-state index in [1.165, 1.54) is 0 Å². The first-order valence-electron chi connectivity index (χ1n) is 9.58. The summed E-state index contributed by atoms with van der Waals surface area (Å²) in [6.45, 7) is 5.73. The van der Waals surface area contributed by atoms with Gasteiger partial charge >= 0.3 is 0 Å². The normalized spacial score (nSPS) is 21.5. The number of halogens is 1. The minimum atomic E-state index is -3.38. The van der Waals surface area contributed by atoms with Gasteiger partial charge in [-0.1, -0.05) is 18.6 Å². The molecule has 0 saturated carbocycles. The molecular weight excluding hydrogens is 386 g/mol. The summed E-state index contributed by atoms with van der Waals surface area (Å²) in [6, 6.07) is 7.26. The van der Waals surface area contributed by atoms with Crippen LogP contribution < -0.4 is 5.32 Å². The van der Waals surface area contributed by atoms with Crippen LogP contribution in [0.2, 0.25) is 0 Å². The van der Waals surface area contributed by atoms with Gasteiger partial charge in [0.15, 0.2) is 0 Å². The van der Waals surface area contributed by atoms with Crippen molar-refractivity contribution in [2.45, 2.75) is 50.0 Å². The van der Waals surface area contributed by atoms with Crippen molar-refractivity contribution in [3.05, 3.63) is 29.8 Å². The van der Waals surface area contributed by atoms with E-state index in [0.29, 0.717) is 30.8 Å². The van der Waals surface area contributed by atoms with Crippen molar-refractivity contribution in [2.24, 2.45) is 0 Å². The van der Waals surface area contributed by atoms with E-state index in [2.05, 4.69) is 12.2 Å². The van der Waals surface area contributed by atoms with Crippen LogP contribution in [0.4, 0.5) is 0 Å². The minimum absolute atomic E-state index is 0. The lowest BCUT2D eigenvalue weighted by molar-refractivity contribution is -0.133. The van der Waals surface area contributed by atoms with Gasteiger partial charge in [0.05, 0.1) is 4.90 Å². The molecule has 6 nitrogen and oxygen atoms in total. The van der Waals surface area contributed by atoms with Crippen molar-refractivity contribution in [1.29, 1.82) is 0 Å².